The molecule has 9 nitrogen and oxygen atoms in total. The minimum Gasteiger partial charge on any atom is -0.507 e. The number of benzene rings is 1. The number of carbonyl (C=O) groups is 3. The van der Waals surface area contributed by atoms with Gasteiger partial charge in [-0.05, 0) is 38.3 Å². The third-order valence-corrected chi connectivity index (χ3v) is 6.79. The highest BCUT2D eigenvalue weighted by molar-refractivity contribution is 6.46. The van der Waals surface area contributed by atoms with Gasteiger partial charge in [-0.1, -0.05) is 30.3 Å². The van der Waals surface area contributed by atoms with E-state index >= 15 is 0 Å². The van der Waals surface area contributed by atoms with Crippen LogP contribution in [0.4, 0.5) is 0 Å². The minimum absolute atomic E-state index is 0.0261. The normalized spacial score (nSPS) is 20.2. The molecule has 0 spiro atoms. The number of amides is 1. The quantitative estimate of drug-likeness (QED) is 0.251. The Bertz CT molecular complexity index is 1160. The molecule has 1 aromatic heterocycles. The van der Waals surface area contributed by atoms with Gasteiger partial charge >= 0.3 is 5.97 Å². The summed E-state index contributed by atoms with van der Waals surface area (Å²) >= 11 is 0. The Balaban J connectivity index is 1.71. The third-order valence-electron chi connectivity index (χ3n) is 6.79. The van der Waals surface area contributed by atoms with Crippen LogP contribution in [0.1, 0.15) is 52.3 Å². The number of H-pyrrole nitrogens is 1. The van der Waals surface area contributed by atoms with Crippen molar-refractivity contribution in [3.63, 3.8) is 0 Å². The number of aliphatic hydroxyl groups is 1. The van der Waals surface area contributed by atoms with Gasteiger partial charge in [-0.15, -0.1) is 0 Å². The van der Waals surface area contributed by atoms with E-state index in [1.807, 2.05) is 30.3 Å². The van der Waals surface area contributed by atoms with Crippen LogP contribution in [0.2, 0.25) is 0 Å². The van der Waals surface area contributed by atoms with Gasteiger partial charge in [0, 0.05) is 37.4 Å². The number of likely N-dealkylation sites (tertiary alicyclic amines) is 1. The number of morpholine rings is 1. The molecule has 2 aliphatic rings. The van der Waals surface area contributed by atoms with E-state index in [9.17, 15) is 19.5 Å². The van der Waals surface area contributed by atoms with Crippen molar-refractivity contribution in [2.24, 2.45) is 0 Å². The Morgan fingerprint density at radius 1 is 1.14 bits per heavy atom. The highest BCUT2D eigenvalue weighted by atomic mass is 16.5. The largest absolute Gasteiger partial charge is 0.507 e. The van der Waals surface area contributed by atoms with Crippen LogP contribution in [-0.4, -0.2) is 83.5 Å². The van der Waals surface area contributed by atoms with Crippen LogP contribution in [0.15, 0.2) is 35.9 Å². The molecule has 2 aliphatic heterocycles. The van der Waals surface area contributed by atoms with Crippen LogP contribution in [0.25, 0.3) is 5.76 Å². The number of aromatic amines is 1. The van der Waals surface area contributed by atoms with Crippen molar-refractivity contribution >= 4 is 23.4 Å². The van der Waals surface area contributed by atoms with Crippen LogP contribution in [0.5, 0.6) is 0 Å². The second kappa shape index (κ2) is 11.1. The zero-order valence-electron chi connectivity index (χ0n) is 21.0. The highest BCUT2D eigenvalue weighted by Gasteiger charge is 2.46. The number of aryl methyl sites for hydroxylation is 1. The number of carbonyl (C=O) groups excluding carboxylic acids is 3. The Hall–Kier alpha value is -3.43. The smallest absolute Gasteiger partial charge is 0.355 e. The number of hydrogen-bond donors (Lipinski definition) is 2. The maximum absolute atomic E-state index is 13.3. The molecular formula is C27H33N3O6. The molecule has 2 aromatic rings. The van der Waals surface area contributed by atoms with Gasteiger partial charge in [-0.3, -0.25) is 14.5 Å². The number of ketones is 1. The topological polar surface area (TPSA) is 112 Å². The minimum atomic E-state index is -0.731. The number of hydrogen-bond acceptors (Lipinski definition) is 7. The maximum Gasteiger partial charge on any atom is 0.355 e. The van der Waals surface area contributed by atoms with E-state index in [4.69, 9.17) is 9.47 Å². The van der Waals surface area contributed by atoms with Gasteiger partial charge in [0.2, 0.25) is 0 Å². The first kappa shape index (κ1) is 25.7. The number of rotatable bonds is 8. The van der Waals surface area contributed by atoms with Crippen molar-refractivity contribution in [1.82, 2.24) is 14.8 Å². The van der Waals surface area contributed by atoms with Gasteiger partial charge < -0.3 is 24.5 Å². The van der Waals surface area contributed by atoms with Crippen molar-refractivity contribution in [2.45, 2.75) is 33.2 Å². The molecule has 2 saturated heterocycles. The standard InChI is InChI=1S/C27H33N3O6/c1-4-36-27(34)22-17(2)20(18(3)28-22)24(31)21-23(19-9-6-5-7-10-19)30(26(33)25(21)32)12-8-11-29-13-15-35-16-14-29/h5-7,9-10,23,28,31H,4,8,11-16H2,1-3H3/b24-21-. The maximum atomic E-state index is 13.3. The summed E-state index contributed by atoms with van der Waals surface area (Å²) in [6.07, 6.45) is 0.686. The summed E-state index contributed by atoms with van der Waals surface area (Å²) in [7, 11) is 0. The van der Waals surface area contributed by atoms with Crippen molar-refractivity contribution in [3.05, 3.63) is 64.0 Å². The number of nitrogens with one attached hydrogen (secondary N) is 1. The first-order valence-corrected chi connectivity index (χ1v) is 12.3. The lowest BCUT2D eigenvalue weighted by Gasteiger charge is -2.29. The van der Waals surface area contributed by atoms with Gasteiger partial charge in [-0.2, -0.15) is 0 Å². The van der Waals surface area contributed by atoms with Crippen LogP contribution >= 0.6 is 0 Å². The molecule has 1 amide bonds. The lowest BCUT2D eigenvalue weighted by atomic mass is 9.94. The Kier molecular flexibility index (Phi) is 7.91. The lowest BCUT2D eigenvalue weighted by molar-refractivity contribution is -0.140. The van der Waals surface area contributed by atoms with E-state index in [2.05, 4.69) is 9.88 Å². The van der Waals surface area contributed by atoms with Crippen molar-refractivity contribution in [3.8, 4) is 0 Å². The molecule has 1 atom stereocenters. The monoisotopic (exact) mass is 495 g/mol. The predicted octanol–water partition coefficient (Wildman–Crippen LogP) is 2.95. The van der Waals surface area contributed by atoms with Gasteiger partial charge in [0.1, 0.15) is 11.5 Å². The number of nitrogens with zero attached hydrogens (tertiary/aromatic N) is 2. The molecule has 2 N–H and O–H groups in total. The van der Waals surface area contributed by atoms with Gasteiger partial charge in [0.25, 0.3) is 11.7 Å². The van der Waals surface area contributed by atoms with Crippen LogP contribution in [0.3, 0.4) is 0 Å². The van der Waals surface area contributed by atoms with E-state index < -0.39 is 23.7 Å². The van der Waals surface area contributed by atoms with E-state index in [-0.39, 0.29) is 23.6 Å². The fourth-order valence-corrected chi connectivity index (χ4v) is 5.03. The molecular weight excluding hydrogens is 462 g/mol. The van der Waals surface area contributed by atoms with Gasteiger partial charge in [-0.25, -0.2) is 4.79 Å². The van der Waals surface area contributed by atoms with E-state index in [1.54, 1.807) is 25.7 Å². The predicted molar refractivity (Wildman–Crippen MR) is 134 cm³/mol. The second-order valence-corrected chi connectivity index (χ2v) is 9.06. The molecule has 1 unspecified atom stereocenters. The SMILES string of the molecule is CCOC(=O)c1[nH]c(C)c(/C(O)=C2/C(=O)C(=O)N(CCCN3CCOCC3)C2c2ccccc2)c1C. The second-order valence-electron chi connectivity index (χ2n) is 9.06. The van der Waals surface area contributed by atoms with E-state index in [0.717, 1.165) is 25.2 Å². The van der Waals surface area contributed by atoms with Crippen molar-refractivity contribution < 1.29 is 29.0 Å². The van der Waals surface area contributed by atoms with Crippen LogP contribution in [0, 0.1) is 13.8 Å². The molecule has 0 bridgehead atoms. The summed E-state index contributed by atoms with van der Waals surface area (Å²) in [6, 6.07) is 8.51. The summed E-state index contributed by atoms with van der Waals surface area (Å²) in [5.41, 5.74) is 2.30. The van der Waals surface area contributed by atoms with Gasteiger partial charge in [0.15, 0.2) is 0 Å². The van der Waals surface area contributed by atoms with Crippen LogP contribution in [-0.2, 0) is 19.1 Å². The summed E-state index contributed by atoms with van der Waals surface area (Å²) in [5.74, 6) is -2.20. The summed E-state index contributed by atoms with van der Waals surface area (Å²) in [5, 5.41) is 11.5. The highest BCUT2D eigenvalue weighted by Crippen LogP contribution is 2.40. The zero-order chi connectivity index (χ0) is 25.8. The van der Waals surface area contributed by atoms with E-state index in [0.29, 0.717) is 43.0 Å². The first-order valence-electron chi connectivity index (χ1n) is 12.3. The van der Waals surface area contributed by atoms with Crippen LogP contribution < -0.4 is 0 Å². The molecule has 0 aliphatic carbocycles. The average molecular weight is 496 g/mol. The molecule has 0 saturated carbocycles. The fraction of sp³-hybridized carbons (Fsp3) is 0.444. The Morgan fingerprint density at radius 2 is 1.83 bits per heavy atom. The molecule has 9 heteroatoms. The van der Waals surface area contributed by atoms with Crippen molar-refractivity contribution in [1.29, 1.82) is 0 Å². The lowest BCUT2D eigenvalue weighted by Crippen LogP contribution is -2.38. The summed E-state index contributed by atoms with van der Waals surface area (Å²) in [6.45, 7) is 9.54. The summed E-state index contributed by atoms with van der Waals surface area (Å²) in [4.78, 5) is 45.7. The first-order chi connectivity index (χ1) is 17.3. The number of esters is 1. The molecule has 3 heterocycles. The number of ether oxygens (including phenoxy) is 2. The number of aromatic nitrogens is 1. The number of Topliss-reactive ketones (excluding diaryl/α,β-unsaturated/α-hetero) is 1. The summed E-state index contributed by atoms with van der Waals surface area (Å²) < 4.78 is 10.5. The third kappa shape index (κ3) is 4.94. The molecule has 2 fully saturated rings. The molecule has 4 rings (SSSR count). The van der Waals surface area contributed by atoms with E-state index in [1.165, 1.54) is 0 Å². The molecule has 1 aromatic carbocycles. The Morgan fingerprint density at radius 3 is 2.50 bits per heavy atom. The molecule has 192 valence electrons. The van der Waals surface area contributed by atoms with Gasteiger partial charge in [0.05, 0.1) is 31.4 Å². The van der Waals surface area contributed by atoms with Crippen molar-refractivity contribution in [2.75, 3.05) is 46.0 Å². The fourth-order valence-electron chi connectivity index (χ4n) is 5.03. The molecule has 0 radical (unpaired) electrons. The Labute approximate surface area is 210 Å². The number of aliphatic hydroxyl groups excluding tert-OH is 1. The molecule has 36 heavy (non-hydrogen) atoms. The average Bonchev–Trinajstić information content (AvgIpc) is 3.32. The zero-order valence-corrected chi connectivity index (χ0v) is 21.0.